The van der Waals surface area contributed by atoms with Crippen molar-refractivity contribution in [1.29, 1.82) is 0 Å². The fourth-order valence-electron chi connectivity index (χ4n) is 5.33. The molecule has 43 heavy (non-hydrogen) atoms. The van der Waals surface area contributed by atoms with Crippen molar-refractivity contribution in [1.82, 2.24) is 24.4 Å². The number of rotatable bonds is 10. The van der Waals surface area contributed by atoms with Gasteiger partial charge in [0.2, 0.25) is 5.28 Å². The molecule has 4 heterocycles. The van der Waals surface area contributed by atoms with Crippen LogP contribution in [0.5, 0.6) is 0 Å². The van der Waals surface area contributed by atoms with Crippen molar-refractivity contribution in [3.05, 3.63) is 41.4 Å². The highest BCUT2D eigenvalue weighted by Crippen LogP contribution is 2.36. The number of aromatic nitrogens is 4. The van der Waals surface area contributed by atoms with Gasteiger partial charge in [-0.1, -0.05) is 12.1 Å². The van der Waals surface area contributed by atoms with E-state index in [4.69, 9.17) is 27.5 Å². The van der Waals surface area contributed by atoms with E-state index in [-0.39, 0.29) is 11.3 Å². The van der Waals surface area contributed by atoms with E-state index < -0.39 is 48.8 Å². The van der Waals surface area contributed by atoms with E-state index in [2.05, 4.69) is 26.2 Å². The smallest absolute Gasteiger partial charge is 0.348 e. The van der Waals surface area contributed by atoms with E-state index in [0.29, 0.717) is 47.7 Å². The molecule has 2 aromatic heterocycles. The zero-order valence-corrected chi connectivity index (χ0v) is 24.2. The number of carbonyl (C=O) groups excluding carboxylic acids is 1. The van der Waals surface area contributed by atoms with Gasteiger partial charge in [0.1, 0.15) is 6.23 Å². The normalized spacial score (nSPS) is 20.8. The number of urea groups is 1. The van der Waals surface area contributed by atoms with Gasteiger partial charge in [0.15, 0.2) is 17.0 Å². The van der Waals surface area contributed by atoms with Gasteiger partial charge in [-0.15, -0.1) is 12.3 Å². The Balaban J connectivity index is 1.33. The Hall–Kier alpha value is -4.45. The molecule has 14 nitrogen and oxygen atoms in total. The number of halogens is 1. The van der Waals surface area contributed by atoms with Gasteiger partial charge in [0.25, 0.3) is 5.60 Å². The standard InChI is InChI=1S/C28H30ClN7O7/c1-4-17-12-20(36-15-31-21-22(30-2)32-26(29)33-23(21)36)43-19(17)14-42-28(24(37)38,25(39)40)13-16-6-8-18(9-7-16)35-11-5-10-34(3)27(35)41/h1,6-9,15,17,19-20H,5,10-14H2,2-3H3,(H,37,38)(H,39,40)(H,30,32,33). The van der Waals surface area contributed by atoms with Crippen molar-refractivity contribution in [2.45, 2.75) is 37.2 Å². The summed E-state index contributed by atoms with van der Waals surface area (Å²) in [5.74, 6) is -0.804. The van der Waals surface area contributed by atoms with Gasteiger partial charge in [-0.3, -0.25) is 9.47 Å². The summed E-state index contributed by atoms with van der Waals surface area (Å²) in [6, 6.07) is 6.34. The zero-order valence-electron chi connectivity index (χ0n) is 23.4. The third-order valence-electron chi connectivity index (χ3n) is 7.71. The van der Waals surface area contributed by atoms with Gasteiger partial charge in [-0.05, 0) is 35.7 Å². The van der Waals surface area contributed by atoms with E-state index in [9.17, 15) is 24.6 Å². The van der Waals surface area contributed by atoms with Crippen LogP contribution in [0.15, 0.2) is 30.6 Å². The second-order valence-electron chi connectivity index (χ2n) is 10.4. The molecule has 5 rings (SSSR count). The number of terminal acetylenes is 1. The highest BCUT2D eigenvalue weighted by molar-refractivity contribution is 6.28. The quantitative estimate of drug-likeness (QED) is 0.175. The molecule has 2 aliphatic heterocycles. The maximum absolute atomic E-state index is 12.5. The molecule has 2 amide bonds. The number of hydrogen-bond acceptors (Lipinski definition) is 9. The minimum atomic E-state index is -2.62. The predicted molar refractivity (Wildman–Crippen MR) is 155 cm³/mol. The minimum Gasteiger partial charge on any atom is -0.479 e. The number of anilines is 2. The number of carbonyl (C=O) groups is 3. The number of fused-ring (bicyclic) bond motifs is 1. The fraction of sp³-hybridized carbons (Fsp3) is 0.429. The number of carboxylic acid groups (broad SMARTS) is 2. The van der Waals surface area contributed by atoms with Gasteiger partial charge in [-0.2, -0.15) is 9.97 Å². The molecule has 226 valence electrons. The molecule has 0 spiro atoms. The zero-order chi connectivity index (χ0) is 30.9. The van der Waals surface area contributed by atoms with Crippen LogP contribution in [-0.2, 0) is 25.5 Å². The van der Waals surface area contributed by atoms with Gasteiger partial charge < -0.3 is 29.9 Å². The average molecular weight is 612 g/mol. The summed E-state index contributed by atoms with van der Waals surface area (Å²) in [6.45, 7) is 0.806. The molecule has 2 fully saturated rings. The molecular weight excluding hydrogens is 582 g/mol. The maximum Gasteiger partial charge on any atom is 0.348 e. The first kappa shape index (κ1) is 30.0. The molecule has 3 atom stereocenters. The highest BCUT2D eigenvalue weighted by Gasteiger charge is 2.50. The Morgan fingerprint density at radius 2 is 1.95 bits per heavy atom. The number of aliphatic carboxylic acids is 2. The largest absolute Gasteiger partial charge is 0.479 e. The van der Waals surface area contributed by atoms with Gasteiger partial charge in [0, 0.05) is 45.7 Å². The number of hydrogen-bond donors (Lipinski definition) is 3. The molecule has 0 saturated carbocycles. The summed E-state index contributed by atoms with van der Waals surface area (Å²) in [4.78, 5) is 53.3. The van der Waals surface area contributed by atoms with Crippen LogP contribution in [0, 0.1) is 18.3 Å². The lowest BCUT2D eigenvalue weighted by Gasteiger charge is -2.33. The first-order chi connectivity index (χ1) is 20.6. The van der Waals surface area contributed by atoms with Crippen molar-refractivity contribution >= 4 is 52.2 Å². The van der Waals surface area contributed by atoms with Crippen LogP contribution in [0.4, 0.5) is 16.3 Å². The Bertz CT molecular complexity index is 1570. The molecule has 15 heteroatoms. The second kappa shape index (κ2) is 12.0. The van der Waals surface area contributed by atoms with Crippen LogP contribution in [0.3, 0.4) is 0 Å². The lowest BCUT2D eigenvalue weighted by molar-refractivity contribution is -0.188. The average Bonchev–Trinajstić information content (AvgIpc) is 3.60. The van der Waals surface area contributed by atoms with Crippen molar-refractivity contribution in [3.8, 4) is 12.3 Å². The number of benzene rings is 1. The molecule has 3 unspecified atom stereocenters. The van der Waals surface area contributed by atoms with Crippen LogP contribution in [0.1, 0.15) is 24.6 Å². The SMILES string of the molecule is C#CC1CC(n2cnc3c(NC)nc(Cl)nc32)OC1COC(Cc1ccc(N2CCCN(C)C2=O)cc1)(C(=O)O)C(=O)O. The first-order valence-electron chi connectivity index (χ1n) is 13.5. The lowest BCUT2D eigenvalue weighted by atomic mass is 9.93. The van der Waals surface area contributed by atoms with E-state index >= 15 is 0 Å². The van der Waals surface area contributed by atoms with Crippen LogP contribution >= 0.6 is 11.6 Å². The molecule has 0 aliphatic carbocycles. The van der Waals surface area contributed by atoms with Crippen LogP contribution in [0.25, 0.3) is 11.2 Å². The van der Waals surface area contributed by atoms with E-state index in [1.807, 2.05) is 0 Å². The van der Waals surface area contributed by atoms with Crippen molar-refractivity contribution in [3.63, 3.8) is 0 Å². The van der Waals surface area contributed by atoms with E-state index in [1.165, 1.54) is 6.33 Å². The van der Waals surface area contributed by atoms with Gasteiger partial charge in [0.05, 0.1) is 25.0 Å². The predicted octanol–water partition coefficient (Wildman–Crippen LogP) is 2.49. The summed E-state index contributed by atoms with van der Waals surface area (Å²) in [5.41, 5.74) is -0.732. The Morgan fingerprint density at radius 1 is 1.23 bits per heavy atom. The number of nitrogens with one attached hydrogen (secondary N) is 1. The van der Waals surface area contributed by atoms with Crippen LogP contribution in [0.2, 0.25) is 5.28 Å². The summed E-state index contributed by atoms with van der Waals surface area (Å²) in [6.07, 6.45) is 6.44. The third kappa shape index (κ3) is 5.66. The molecule has 2 aliphatic rings. The third-order valence-corrected chi connectivity index (χ3v) is 7.88. The highest BCUT2D eigenvalue weighted by atomic mass is 35.5. The minimum absolute atomic E-state index is 0.000534. The summed E-state index contributed by atoms with van der Waals surface area (Å²) in [7, 11) is 3.39. The number of carboxylic acids is 2. The van der Waals surface area contributed by atoms with E-state index in [0.717, 1.165) is 6.42 Å². The van der Waals surface area contributed by atoms with E-state index in [1.54, 1.807) is 52.7 Å². The molecule has 0 bridgehead atoms. The van der Waals surface area contributed by atoms with Crippen molar-refractivity contribution in [2.24, 2.45) is 5.92 Å². The number of ether oxygens (including phenoxy) is 2. The Kier molecular flexibility index (Phi) is 8.41. The molecule has 3 aromatic rings. The summed E-state index contributed by atoms with van der Waals surface area (Å²) < 4.78 is 13.5. The molecule has 3 N–H and O–H groups in total. The second-order valence-corrected chi connectivity index (χ2v) is 10.7. The number of amides is 2. The lowest BCUT2D eigenvalue weighted by Crippen LogP contribution is -2.52. The fourth-order valence-corrected chi connectivity index (χ4v) is 5.50. The molecular formula is C28H30ClN7O7. The molecule has 1 aromatic carbocycles. The molecule has 2 saturated heterocycles. The van der Waals surface area contributed by atoms with Gasteiger partial charge in [-0.25, -0.2) is 19.4 Å². The Morgan fingerprint density at radius 3 is 2.60 bits per heavy atom. The van der Waals surface area contributed by atoms with Crippen molar-refractivity contribution in [2.75, 3.05) is 44.0 Å². The number of nitrogens with zero attached hydrogens (tertiary/aromatic N) is 6. The van der Waals surface area contributed by atoms with Crippen LogP contribution in [-0.4, -0.2) is 98.1 Å². The van der Waals surface area contributed by atoms with Crippen LogP contribution < -0.4 is 10.2 Å². The number of imidazole rings is 1. The summed E-state index contributed by atoms with van der Waals surface area (Å²) in [5, 5.41) is 23.1. The summed E-state index contributed by atoms with van der Waals surface area (Å²) >= 11 is 6.08. The maximum atomic E-state index is 12.5. The Labute approximate surface area is 251 Å². The van der Waals surface area contributed by atoms with Crippen molar-refractivity contribution < 1.29 is 34.1 Å². The topological polar surface area (TPSA) is 172 Å². The first-order valence-corrected chi connectivity index (χ1v) is 13.9. The molecule has 0 radical (unpaired) electrons. The monoisotopic (exact) mass is 611 g/mol. The van der Waals surface area contributed by atoms with Gasteiger partial charge >= 0.3 is 18.0 Å².